The van der Waals surface area contributed by atoms with Crippen LogP contribution in [0.5, 0.6) is 0 Å². The molecule has 0 atom stereocenters. The summed E-state index contributed by atoms with van der Waals surface area (Å²) in [6.07, 6.45) is 4.93. The Kier molecular flexibility index (Phi) is 8.10. The fourth-order valence-electron chi connectivity index (χ4n) is 13.0. The zero-order chi connectivity index (χ0) is 42.6. The SMILES string of the molecule is CC1(C)c2ccccc2-c2cccc(-c3ccc(N(c4ccc5c(c4)C4(CCCC4)c4ccccc4-5)c4ccc5c(c4)C(c4ccccc4)(c4ccccc4)c4ccccc4-5)cc3)c21. The lowest BCUT2D eigenvalue weighted by atomic mass is 9.67. The maximum absolute atomic E-state index is 2.56. The van der Waals surface area contributed by atoms with Crippen molar-refractivity contribution >= 4 is 17.1 Å². The van der Waals surface area contributed by atoms with Gasteiger partial charge in [-0.2, -0.15) is 0 Å². The fraction of sp³-hybridized carbons (Fsp3) is 0.143. The standard InChI is InChI=1S/C63H49N/c1-61(2)55-27-12-9-24-51(55)54-26-17-25-48(60(54)61)42-30-32-45(33-31-42)64(46-34-36-52-49-22-10-13-28-56(49)62(58(52)40-46)38-15-16-39-62)47-35-37-53-50-23-11-14-29-57(50)63(59(53)41-47,43-18-5-3-6-19-43)44-20-7-4-8-21-44/h3-14,17-37,40-41H,15-16,38-39H2,1-2H3. The molecule has 4 aliphatic rings. The number of benzene rings is 9. The van der Waals surface area contributed by atoms with Crippen molar-refractivity contribution in [3.63, 3.8) is 0 Å². The van der Waals surface area contributed by atoms with Gasteiger partial charge in [-0.15, -0.1) is 0 Å². The maximum atomic E-state index is 2.56. The van der Waals surface area contributed by atoms with Crippen LogP contribution < -0.4 is 4.90 Å². The minimum atomic E-state index is -0.495. The van der Waals surface area contributed by atoms with Crippen molar-refractivity contribution in [2.24, 2.45) is 0 Å². The van der Waals surface area contributed by atoms with E-state index in [2.05, 4.69) is 231 Å². The van der Waals surface area contributed by atoms with Crippen molar-refractivity contribution in [1.82, 2.24) is 0 Å². The Hall–Kier alpha value is -7.22. The van der Waals surface area contributed by atoms with Gasteiger partial charge in [-0.1, -0.05) is 203 Å². The molecular formula is C63H49N. The van der Waals surface area contributed by atoms with Crippen LogP contribution in [-0.4, -0.2) is 0 Å². The summed E-state index contributed by atoms with van der Waals surface area (Å²) in [6, 6.07) is 80.5. The van der Waals surface area contributed by atoms with Crippen LogP contribution in [0.15, 0.2) is 212 Å². The topological polar surface area (TPSA) is 3.24 Å². The smallest absolute Gasteiger partial charge is 0.0714 e. The Morgan fingerprint density at radius 2 is 0.797 bits per heavy atom. The molecule has 9 aromatic carbocycles. The molecule has 0 aliphatic heterocycles. The van der Waals surface area contributed by atoms with Gasteiger partial charge in [-0.05, 0) is 138 Å². The minimum Gasteiger partial charge on any atom is -0.310 e. The van der Waals surface area contributed by atoms with E-state index >= 15 is 0 Å². The van der Waals surface area contributed by atoms with Crippen molar-refractivity contribution in [3.8, 4) is 44.5 Å². The molecule has 0 amide bonds. The third-order valence-electron chi connectivity index (χ3n) is 15.7. The van der Waals surface area contributed by atoms with Gasteiger partial charge in [0.1, 0.15) is 0 Å². The fourth-order valence-corrected chi connectivity index (χ4v) is 13.0. The van der Waals surface area contributed by atoms with Gasteiger partial charge in [0.05, 0.1) is 5.41 Å². The molecule has 1 heteroatoms. The average molecular weight is 820 g/mol. The first-order valence-electron chi connectivity index (χ1n) is 23.2. The molecule has 1 fully saturated rings. The molecule has 64 heavy (non-hydrogen) atoms. The Balaban J connectivity index is 1.02. The molecule has 9 aromatic rings. The van der Waals surface area contributed by atoms with Gasteiger partial charge >= 0.3 is 0 Å². The van der Waals surface area contributed by atoms with Crippen LogP contribution in [0.1, 0.15) is 84.0 Å². The van der Waals surface area contributed by atoms with E-state index in [0.717, 1.165) is 11.4 Å². The summed E-state index contributed by atoms with van der Waals surface area (Å²) in [5.74, 6) is 0. The highest BCUT2D eigenvalue weighted by Crippen LogP contribution is 2.60. The summed E-state index contributed by atoms with van der Waals surface area (Å²) >= 11 is 0. The predicted molar refractivity (Wildman–Crippen MR) is 266 cm³/mol. The van der Waals surface area contributed by atoms with Gasteiger partial charge < -0.3 is 4.90 Å². The Morgan fingerprint density at radius 3 is 1.44 bits per heavy atom. The minimum absolute atomic E-state index is 0.0604. The highest BCUT2D eigenvalue weighted by Gasteiger charge is 2.47. The molecule has 13 rings (SSSR count). The van der Waals surface area contributed by atoms with E-state index < -0.39 is 5.41 Å². The van der Waals surface area contributed by atoms with E-state index in [4.69, 9.17) is 0 Å². The van der Waals surface area contributed by atoms with Crippen molar-refractivity contribution in [2.75, 3.05) is 4.90 Å². The normalized spacial score (nSPS) is 16.1. The molecule has 1 nitrogen and oxygen atoms in total. The van der Waals surface area contributed by atoms with E-state index in [-0.39, 0.29) is 10.8 Å². The lowest BCUT2D eigenvalue weighted by Crippen LogP contribution is -2.28. The van der Waals surface area contributed by atoms with Gasteiger partial charge in [-0.3, -0.25) is 0 Å². The number of fused-ring (bicyclic) bond motifs is 11. The summed E-state index contributed by atoms with van der Waals surface area (Å²) < 4.78 is 0. The van der Waals surface area contributed by atoms with Crippen LogP contribution in [-0.2, 0) is 16.2 Å². The molecule has 0 unspecified atom stereocenters. The first-order valence-corrected chi connectivity index (χ1v) is 23.2. The van der Waals surface area contributed by atoms with Crippen LogP contribution in [0, 0.1) is 0 Å². The molecule has 0 saturated heterocycles. The Morgan fingerprint density at radius 1 is 0.344 bits per heavy atom. The lowest BCUT2D eigenvalue weighted by molar-refractivity contribution is 0.550. The summed E-state index contributed by atoms with van der Waals surface area (Å²) in [7, 11) is 0. The monoisotopic (exact) mass is 819 g/mol. The van der Waals surface area contributed by atoms with Gasteiger partial charge in [0, 0.05) is 27.9 Å². The number of rotatable bonds is 6. The third kappa shape index (κ3) is 5.07. The molecule has 0 radical (unpaired) electrons. The second kappa shape index (κ2) is 13.9. The molecule has 1 spiro atoms. The third-order valence-corrected chi connectivity index (χ3v) is 15.7. The Labute approximate surface area is 377 Å². The average Bonchev–Trinajstić information content (AvgIpc) is 4.09. The largest absolute Gasteiger partial charge is 0.310 e. The molecule has 306 valence electrons. The summed E-state index contributed by atoms with van der Waals surface area (Å²) in [4.78, 5) is 2.54. The molecule has 0 heterocycles. The van der Waals surface area contributed by atoms with Gasteiger partial charge in [-0.25, -0.2) is 0 Å². The van der Waals surface area contributed by atoms with E-state index in [1.54, 1.807) is 0 Å². The summed E-state index contributed by atoms with van der Waals surface area (Å²) in [6.45, 7) is 4.77. The Bertz CT molecular complexity index is 3250. The van der Waals surface area contributed by atoms with Crippen molar-refractivity contribution in [1.29, 1.82) is 0 Å². The molecule has 0 aromatic heterocycles. The van der Waals surface area contributed by atoms with Crippen LogP contribution in [0.2, 0.25) is 0 Å². The molecule has 0 N–H and O–H groups in total. The molecule has 4 aliphatic carbocycles. The first kappa shape index (κ1) is 37.3. The summed E-state index contributed by atoms with van der Waals surface area (Å²) in [5, 5.41) is 0. The van der Waals surface area contributed by atoms with Crippen LogP contribution in [0.4, 0.5) is 17.1 Å². The van der Waals surface area contributed by atoms with Gasteiger partial charge in [0.25, 0.3) is 0 Å². The quantitative estimate of drug-likeness (QED) is 0.162. The highest BCUT2D eigenvalue weighted by molar-refractivity contribution is 5.92. The van der Waals surface area contributed by atoms with Gasteiger partial charge in [0.2, 0.25) is 0 Å². The zero-order valence-corrected chi connectivity index (χ0v) is 36.5. The van der Waals surface area contributed by atoms with Crippen molar-refractivity contribution in [3.05, 3.63) is 257 Å². The maximum Gasteiger partial charge on any atom is 0.0714 e. The second-order valence-corrected chi connectivity index (χ2v) is 19.1. The zero-order valence-electron chi connectivity index (χ0n) is 36.5. The summed E-state index contributed by atoms with van der Waals surface area (Å²) in [5.41, 5.74) is 24.6. The first-order chi connectivity index (χ1) is 31.5. The van der Waals surface area contributed by atoms with Crippen LogP contribution in [0.3, 0.4) is 0 Å². The van der Waals surface area contributed by atoms with Crippen LogP contribution in [0.25, 0.3) is 44.5 Å². The second-order valence-electron chi connectivity index (χ2n) is 19.1. The number of hydrogen-bond acceptors (Lipinski definition) is 1. The van der Waals surface area contributed by atoms with E-state index in [1.807, 2.05) is 0 Å². The highest BCUT2D eigenvalue weighted by atomic mass is 15.1. The van der Waals surface area contributed by atoms with E-state index in [1.165, 1.54) is 120 Å². The molecule has 1 saturated carbocycles. The predicted octanol–water partition coefficient (Wildman–Crippen LogP) is 16.3. The van der Waals surface area contributed by atoms with Gasteiger partial charge in [0.15, 0.2) is 0 Å². The molecular weight excluding hydrogens is 771 g/mol. The van der Waals surface area contributed by atoms with Crippen molar-refractivity contribution in [2.45, 2.75) is 55.8 Å². The number of nitrogens with zero attached hydrogens (tertiary/aromatic N) is 1. The number of anilines is 3. The molecule has 0 bridgehead atoms. The van der Waals surface area contributed by atoms with E-state index in [9.17, 15) is 0 Å². The van der Waals surface area contributed by atoms with Crippen molar-refractivity contribution < 1.29 is 0 Å². The number of hydrogen-bond donors (Lipinski definition) is 0. The van der Waals surface area contributed by atoms with Crippen LogP contribution >= 0.6 is 0 Å². The van der Waals surface area contributed by atoms with E-state index in [0.29, 0.717) is 0 Å². The lowest BCUT2D eigenvalue weighted by Gasteiger charge is -2.35.